The van der Waals surface area contributed by atoms with Crippen LogP contribution in [0.4, 0.5) is 0 Å². The fraction of sp³-hybridized carbons (Fsp3) is 0.609. The molecule has 0 spiro atoms. The molecule has 7 heteroatoms. The smallest absolute Gasteiger partial charge is 0.255 e. The van der Waals surface area contributed by atoms with Crippen molar-refractivity contribution in [1.82, 2.24) is 20.9 Å². The van der Waals surface area contributed by atoms with E-state index < -0.39 is 6.04 Å². The zero-order valence-corrected chi connectivity index (χ0v) is 17.3. The molecule has 30 heavy (non-hydrogen) atoms. The van der Waals surface area contributed by atoms with Gasteiger partial charge in [0.25, 0.3) is 5.91 Å². The highest BCUT2D eigenvalue weighted by Crippen LogP contribution is 2.35. The van der Waals surface area contributed by atoms with Crippen molar-refractivity contribution >= 4 is 17.7 Å². The minimum Gasteiger partial charge on any atom is -0.322 e. The van der Waals surface area contributed by atoms with Crippen molar-refractivity contribution in [3.05, 3.63) is 34.9 Å². The molecule has 1 saturated carbocycles. The van der Waals surface area contributed by atoms with Crippen molar-refractivity contribution < 1.29 is 14.4 Å². The number of benzene rings is 1. The van der Waals surface area contributed by atoms with Crippen LogP contribution in [0.5, 0.6) is 0 Å². The fourth-order valence-electron chi connectivity index (χ4n) is 5.93. The van der Waals surface area contributed by atoms with E-state index >= 15 is 0 Å². The fourth-order valence-corrected chi connectivity index (χ4v) is 5.93. The SMILES string of the molecule is O=C1CCC(N2Cc3cccc(CNC4CCCC5CNCCC54)c3C2=O)C(=O)N1. The van der Waals surface area contributed by atoms with Gasteiger partial charge in [-0.2, -0.15) is 0 Å². The van der Waals surface area contributed by atoms with E-state index in [0.717, 1.165) is 35.7 Å². The van der Waals surface area contributed by atoms with E-state index in [9.17, 15) is 14.4 Å². The maximum Gasteiger partial charge on any atom is 0.255 e. The van der Waals surface area contributed by atoms with Crippen molar-refractivity contribution in [3.63, 3.8) is 0 Å². The summed E-state index contributed by atoms with van der Waals surface area (Å²) in [5.74, 6) is 0.782. The van der Waals surface area contributed by atoms with E-state index in [0.29, 0.717) is 31.5 Å². The number of imide groups is 1. The number of hydrogen-bond donors (Lipinski definition) is 3. The quantitative estimate of drug-likeness (QED) is 0.652. The van der Waals surface area contributed by atoms with Crippen molar-refractivity contribution in [2.45, 2.75) is 63.7 Å². The third-order valence-corrected chi connectivity index (χ3v) is 7.47. The van der Waals surface area contributed by atoms with Crippen molar-refractivity contribution in [2.75, 3.05) is 13.1 Å². The Morgan fingerprint density at radius 3 is 2.87 bits per heavy atom. The normalized spacial score (nSPS) is 31.3. The van der Waals surface area contributed by atoms with Crippen LogP contribution in [0.2, 0.25) is 0 Å². The van der Waals surface area contributed by atoms with Gasteiger partial charge >= 0.3 is 0 Å². The van der Waals surface area contributed by atoms with Gasteiger partial charge in [-0.1, -0.05) is 24.6 Å². The highest BCUT2D eigenvalue weighted by Gasteiger charge is 2.40. The molecular formula is C23H30N4O3. The van der Waals surface area contributed by atoms with Gasteiger partial charge in [-0.05, 0) is 61.7 Å². The molecule has 3 N–H and O–H groups in total. The van der Waals surface area contributed by atoms with Crippen molar-refractivity contribution in [3.8, 4) is 0 Å². The second kappa shape index (κ2) is 8.12. The minimum absolute atomic E-state index is 0.0831. The van der Waals surface area contributed by atoms with Crippen LogP contribution in [-0.2, 0) is 22.7 Å². The van der Waals surface area contributed by atoms with Gasteiger partial charge in [-0.3, -0.25) is 19.7 Å². The molecule has 3 heterocycles. The van der Waals surface area contributed by atoms with E-state index in [1.165, 1.54) is 25.7 Å². The lowest BCUT2D eigenvalue weighted by Gasteiger charge is -2.42. The number of nitrogens with one attached hydrogen (secondary N) is 3. The first-order chi connectivity index (χ1) is 14.6. The third-order valence-electron chi connectivity index (χ3n) is 7.47. The van der Waals surface area contributed by atoms with Gasteiger partial charge in [-0.15, -0.1) is 0 Å². The summed E-state index contributed by atoms with van der Waals surface area (Å²) >= 11 is 0. The second-order valence-corrected chi connectivity index (χ2v) is 9.19. The third kappa shape index (κ3) is 3.54. The number of hydrogen-bond acceptors (Lipinski definition) is 5. The molecule has 0 radical (unpaired) electrons. The molecule has 3 fully saturated rings. The Morgan fingerprint density at radius 2 is 2.00 bits per heavy atom. The summed E-state index contributed by atoms with van der Waals surface area (Å²) in [5, 5.41) is 9.68. The molecule has 7 nitrogen and oxygen atoms in total. The molecule has 2 saturated heterocycles. The maximum atomic E-state index is 13.2. The number of nitrogens with zero attached hydrogens (tertiary/aromatic N) is 1. The molecule has 3 aliphatic heterocycles. The molecule has 160 valence electrons. The average molecular weight is 411 g/mol. The lowest BCUT2D eigenvalue weighted by Crippen LogP contribution is -2.52. The van der Waals surface area contributed by atoms with Crippen LogP contribution in [0, 0.1) is 11.8 Å². The summed E-state index contributed by atoms with van der Waals surface area (Å²) in [6.45, 7) is 3.34. The summed E-state index contributed by atoms with van der Waals surface area (Å²) in [5.41, 5.74) is 2.74. The molecule has 4 aliphatic rings. The lowest BCUT2D eigenvalue weighted by atomic mass is 9.72. The molecular weight excluding hydrogens is 380 g/mol. The van der Waals surface area contributed by atoms with Gasteiger partial charge in [-0.25, -0.2) is 0 Å². The number of piperidine rings is 2. The van der Waals surface area contributed by atoms with E-state index in [1.54, 1.807) is 4.90 Å². The van der Waals surface area contributed by atoms with E-state index in [1.807, 2.05) is 18.2 Å². The number of fused-ring (bicyclic) bond motifs is 2. The maximum absolute atomic E-state index is 13.2. The van der Waals surface area contributed by atoms with E-state index in [4.69, 9.17) is 0 Å². The highest BCUT2D eigenvalue weighted by molar-refractivity contribution is 6.05. The zero-order chi connectivity index (χ0) is 20.7. The van der Waals surface area contributed by atoms with E-state index in [2.05, 4.69) is 16.0 Å². The Kier molecular flexibility index (Phi) is 5.33. The Bertz CT molecular complexity index is 868. The highest BCUT2D eigenvalue weighted by atomic mass is 16.2. The largest absolute Gasteiger partial charge is 0.322 e. The molecule has 5 rings (SSSR count). The molecule has 1 aromatic carbocycles. The summed E-state index contributed by atoms with van der Waals surface area (Å²) in [6, 6.07) is 5.96. The van der Waals surface area contributed by atoms with Crippen LogP contribution in [0.15, 0.2) is 18.2 Å². The molecule has 1 aliphatic carbocycles. The Hall–Kier alpha value is -2.25. The topological polar surface area (TPSA) is 90.5 Å². The number of carbonyl (C=O) groups excluding carboxylic acids is 3. The van der Waals surface area contributed by atoms with Gasteiger partial charge in [0.15, 0.2) is 0 Å². The summed E-state index contributed by atoms with van der Waals surface area (Å²) in [7, 11) is 0. The Balaban J connectivity index is 1.30. The van der Waals surface area contributed by atoms with Crippen LogP contribution in [0.1, 0.15) is 60.0 Å². The summed E-state index contributed by atoms with van der Waals surface area (Å²) in [4.78, 5) is 38.7. The van der Waals surface area contributed by atoms with Crippen molar-refractivity contribution in [1.29, 1.82) is 0 Å². The number of amides is 3. The minimum atomic E-state index is -0.558. The monoisotopic (exact) mass is 410 g/mol. The first-order valence-corrected chi connectivity index (χ1v) is 11.3. The zero-order valence-electron chi connectivity index (χ0n) is 17.3. The van der Waals surface area contributed by atoms with Gasteiger partial charge < -0.3 is 15.5 Å². The van der Waals surface area contributed by atoms with Crippen LogP contribution in [0.25, 0.3) is 0 Å². The van der Waals surface area contributed by atoms with Gasteiger partial charge in [0.05, 0.1) is 0 Å². The molecule has 4 unspecified atom stereocenters. The average Bonchev–Trinajstić information content (AvgIpc) is 3.09. The predicted octanol–water partition coefficient (Wildman–Crippen LogP) is 1.32. The summed E-state index contributed by atoms with van der Waals surface area (Å²) in [6.07, 6.45) is 5.68. The first kappa shape index (κ1) is 19.7. The Labute approximate surface area is 177 Å². The van der Waals surface area contributed by atoms with Crippen LogP contribution < -0.4 is 16.0 Å². The van der Waals surface area contributed by atoms with E-state index in [-0.39, 0.29) is 24.1 Å². The first-order valence-electron chi connectivity index (χ1n) is 11.3. The molecule has 0 bridgehead atoms. The summed E-state index contributed by atoms with van der Waals surface area (Å²) < 4.78 is 0. The Morgan fingerprint density at radius 1 is 1.10 bits per heavy atom. The number of rotatable bonds is 4. The molecule has 1 aromatic rings. The van der Waals surface area contributed by atoms with Gasteiger partial charge in [0.1, 0.15) is 6.04 Å². The molecule has 0 aromatic heterocycles. The van der Waals surface area contributed by atoms with Gasteiger partial charge in [0, 0.05) is 31.1 Å². The van der Waals surface area contributed by atoms with Crippen LogP contribution >= 0.6 is 0 Å². The van der Waals surface area contributed by atoms with Gasteiger partial charge in [0.2, 0.25) is 11.8 Å². The van der Waals surface area contributed by atoms with Crippen LogP contribution in [-0.4, -0.2) is 47.8 Å². The van der Waals surface area contributed by atoms with Crippen LogP contribution in [0.3, 0.4) is 0 Å². The lowest BCUT2D eigenvalue weighted by molar-refractivity contribution is -0.136. The predicted molar refractivity (Wildman–Crippen MR) is 111 cm³/mol. The standard InChI is InChI=1S/C23H30N4O3/c28-20-8-7-19(22(29)26-20)27-13-16-5-1-4-15(21(16)23(27)30)12-25-18-6-2-3-14-11-24-10-9-17(14)18/h1,4-5,14,17-19,24-25H,2-3,6-13H2,(H,26,28,29). The number of carbonyl (C=O) groups is 3. The second-order valence-electron chi connectivity index (χ2n) is 9.19. The molecule has 3 amide bonds. The molecule has 4 atom stereocenters. The van der Waals surface area contributed by atoms with Crippen molar-refractivity contribution in [2.24, 2.45) is 11.8 Å².